The molecule has 2 aliphatic heterocycles. The summed E-state index contributed by atoms with van der Waals surface area (Å²) in [6.45, 7) is 11.5. The molecule has 0 aromatic rings. The van der Waals surface area contributed by atoms with Crippen molar-refractivity contribution in [1.82, 2.24) is 14.7 Å². The van der Waals surface area contributed by atoms with Crippen LogP contribution in [0.4, 0.5) is 0 Å². The van der Waals surface area contributed by atoms with Gasteiger partial charge in [0.05, 0.1) is 6.54 Å². The van der Waals surface area contributed by atoms with Gasteiger partial charge in [0.1, 0.15) is 0 Å². The van der Waals surface area contributed by atoms with Gasteiger partial charge in [-0.1, -0.05) is 13.8 Å². The summed E-state index contributed by atoms with van der Waals surface area (Å²) in [5.41, 5.74) is 0. The average molecular weight is 281 g/mol. The van der Waals surface area contributed by atoms with E-state index in [2.05, 4.69) is 18.7 Å². The molecule has 0 aliphatic carbocycles. The molecule has 0 spiro atoms. The van der Waals surface area contributed by atoms with E-state index in [0.717, 1.165) is 39.3 Å². The number of rotatable bonds is 2. The van der Waals surface area contributed by atoms with Gasteiger partial charge < -0.3 is 9.80 Å². The minimum Gasteiger partial charge on any atom is -0.341 e. The van der Waals surface area contributed by atoms with E-state index in [1.165, 1.54) is 6.42 Å². The van der Waals surface area contributed by atoms with Crippen LogP contribution in [0.15, 0.2) is 0 Å². The molecule has 2 saturated heterocycles. The van der Waals surface area contributed by atoms with Gasteiger partial charge in [-0.15, -0.1) is 0 Å². The molecule has 2 heterocycles. The zero-order valence-corrected chi connectivity index (χ0v) is 13.0. The fourth-order valence-corrected chi connectivity index (χ4v) is 3.38. The van der Waals surface area contributed by atoms with Crippen molar-refractivity contribution in [3.05, 3.63) is 0 Å². The lowest BCUT2D eigenvalue weighted by atomic mass is 9.92. The summed E-state index contributed by atoms with van der Waals surface area (Å²) < 4.78 is 0. The Morgan fingerprint density at radius 1 is 0.950 bits per heavy atom. The van der Waals surface area contributed by atoms with E-state index < -0.39 is 0 Å². The Hall–Kier alpha value is -1.10. The van der Waals surface area contributed by atoms with Crippen LogP contribution in [0.3, 0.4) is 0 Å². The summed E-state index contributed by atoms with van der Waals surface area (Å²) in [4.78, 5) is 29.7. The van der Waals surface area contributed by atoms with E-state index in [0.29, 0.717) is 18.4 Å². The largest absolute Gasteiger partial charge is 0.341 e. The lowest BCUT2D eigenvalue weighted by Gasteiger charge is -2.38. The van der Waals surface area contributed by atoms with Crippen LogP contribution >= 0.6 is 0 Å². The van der Waals surface area contributed by atoms with Crippen molar-refractivity contribution < 1.29 is 9.59 Å². The van der Waals surface area contributed by atoms with Crippen molar-refractivity contribution in [3.8, 4) is 0 Å². The SMILES string of the molecule is CC(=O)N1CCN(CC(=O)N2CC(C)CC(C)C2)CC1. The first kappa shape index (κ1) is 15.3. The molecule has 0 bridgehead atoms. The fraction of sp³-hybridized carbons (Fsp3) is 0.867. The van der Waals surface area contributed by atoms with Crippen molar-refractivity contribution in [1.29, 1.82) is 0 Å². The summed E-state index contributed by atoms with van der Waals surface area (Å²) in [6, 6.07) is 0. The molecule has 0 radical (unpaired) electrons. The number of carbonyl (C=O) groups excluding carboxylic acids is 2. The highest BCUT2D eigenvalue weighted by Gasteiger charge is 2.27. The van der Waals surface area contributed by atoms with Gasteiger partial charge >= 0.3 is 0 Å². The Bertz CT molecular complexity index is 354. The first-order valence-electron chi connectivity index (χ1n) is 7.71. The molecule has 2 unspecified atom stereocenters. The van der Waals surface area contributed by atoms with Crippen LogP contribution in [0.5, 0.6) is 0 Å². The summed E-state index contributed by atoms with van der Waals surface area (Å²) in [5.74, 6) is 1.60. The Morgan fingerprint density at radius 3 is 2.00 bits per heavy atom. The molecular formula is C15H27N3O2. The Balaban J connectivity index is 1.79. The van der Waals surface area contributed by atoms with Gasteiger partial charge in [-0.25, -0.2) is 0 Å². The number of hydrogen-bond donors (Lipinski definition) is 0. The number of piperidine rings is 1. The highest BCUT2D eigenvalue weighted by Crippen LogP contribution is 2.21. The van der Waals surface area contributed by atoms with Crippen LogP contribution in [0.25, 0.3) is 0 Å². The maximum absolute atomic E-state index is 12.4. The second kappa shape index (κ2) is 6.57. The maximum atomic E-state index is 12.4. The smallest absolute Gasteiger partial charge is 0.236 e. The zero-order chi connectivity index (χ0) is 14.7. The lowest BCUT2D eigenvalue weighted by Crippen LogP contribution is -2.52. The molecule has 2 atom stereocenters. The number of carbonyl (C=O) groups is 2. The highest BCUT2D eigenvalue weighted by atomic mass is 16.2. The molecule has 2 aliphatic rings. The van der Waals surface area contributed by atoms with Crippen LogP contribution in [0.1, 0.15) is 27.2 Å². The predicted molar refractivity (Wildman–Crippen MR) is 78.2 cm³/mol. The predicted octanol–water partition coefficient (Wildman–Crippen LogP) is 0.655. The molecule has 2 rings (SSSR count). The standard InChI is InChI=1S/C15H27N3O2/c1-12-8-13(2)10-18(9-12)15(20)11-16-4-6-17(7-5-16)14(3)19/h12-13H,4-11H2,1-3H3. The van der Waals surface area contributed by atoms with E-state index in [1.807, 2.05) is 9.80 Å². The molecule has 114 valence electrons. The molecule has 5 nitrogen and oxygen atoms in total. The number of nitrogens with zero attached hydrogens (tertiary/aromatic N) is 3. The van der Waals surface area contributed by atoms with Gasteiger partial charge in [-0.3, -0.25) is 14.5 Å². The highest BCUT2D eigenvalue weighted by molar-refractivity contribution is 5.78. The first-order chi connectivity index (χ1) is 9.45. The van der Waals surface area contributed by atoms with Gasteiger partial charge in [-0.2, -0.15) is 0 Å². The topological polar surface area (TPSA) is 43.9 Å². The van der Waals surface area contributed by atoms with E-state index in [-0.39, 0.29) is 11.8 Å². The molecular weight excluding hydrogens is 254 g/mol. The molecule has 5 heteroatoms. The molecule has 0 aromatic carbocycles. The molecule has 0 saturated carbocycles. The Labute approximate surface area is 121 Å². The lowest BCUT2D eigenvalue weighted by molar-refractivity contribution is -0.136. The quantitative estimate of drug-likeness (QED) is 0.747. The van der Waals surface area contributed by atoms with Crippen molar-refractivity contribution in [2.45, 2.75) is 27.2 Å². The van der Waals surface area contributed by atoms with Gasteiger partial charge in [0, 0.05) is 46.2 Å². The Morgan fingerprint density at radius 2 is 1.50 bits per heavy atom. The van der Waals surface area contributed by atoms with Crippen molar-refractivity contribution in [2.24, 2.45) is 11.8 Å². The summed E-state index contributed by atoms with van der Waals surface area (Å²) in [5, 5.41) is 0. The van der Waals surface area contributed by atoms with Crippen molar-refractivity contribution in [2.75, 3.05) is 45.8 Å². The van der Waals surface area contributed by atoms with Crippen LogP contribution in [-0.4, -0.2) is 72.3 Å². The zero-order valence-electron chi connectivity index (χ0n) is 13.0. The number of amides is 2. The van der Waals surface area contributed by atoms with E-state index in [1.54, 1.807) is 6.92 Å². The minimum absolute atomic E-state index is 0.134. The monoisotopic (exact) mass is 281 g/mol. The van der Waals surface area contributed by atoms with E-state index in [4.69, 9.17) is 0 Å². The molecule has 2 amide bonds. The third-order valence-corrected chi connectivity index (χ3v) is 4.40. The minimum atomic E-state index is 0.134. The fourth-order valence-electron chi connectivity index (χ4n) is 3.38. The van der Waals surface area contributed by atoms with Gasteiger partial charge in [0.2, 0.25) is 11.8 Å². The molecule has 0 N–H and O–H groups in total. The van der Waals surface area contributed by atoms with E-state index in [9.17, 15) is 9.59 Å². The third kappa shape index (κ3) is 3.95. The third-order valence-electron chi connectivity index (χ3n) is 4.40. The molecule has 0 aromatic heterocycles. The van der Waals surface area contributed by atoms with E-state index >= 15 is 0 Å². The summed E-state index contributed by atoms with van der Waals surface area (Å²) >= 11 is 0. The Kier molecular flexibility index (Phi) is 5.02. The first-order valence-corrected chi connectivity index (χ1v) is 7.71. The summed E-state index contributed by atoms with van der Waals surface area (Å²) in [7, 11) is 0. The van der Waals surface area contributed by atoms with Crippen LogP contribution in [-0.2, 0) is 9.59 Å². The van der Waals surface area contributed by atoms with Crippen molar-refractivity contribution in [3.63, 3.8) is 0 Å². The second-order valence-electron chi connectivity index (χ2n) is 6.53. The number of piperazine rings is 1. The van der Waals surface area contributed by atoms with Gasteiger partial charge in [0.25, 0.3) is 0 Å². The average Bonchev–Trinajstić information content (AvgIpc) is 2.38. The molecule has 20 heavy (non-hydrogen) atoms. The molecule has 2 fully saturated rings. The maximum Gasteiger partial charge on any atom is 0.236 e. The van der Waals surface area contributed by atoms with Crippen LogP contribution in [0.2, 0.25) is 0 Å². The van der Waals surface area contributed by atoms with Crippen LogP contribution in [0, 0.1) is 11.8 Å². The normalized spacial score (nSPS) is 28.6. The summed E-state index contributed by atoms with van der Waals surface area (Å²) in [6.07, 6.45) is 1.22. The number of likely N-dealkylation sites (tertiary alicyclic amines) is 1. The second-order valence-corrected chi connectivity index (χ2v) is 6.53. The van der Waals surface area contributed by atoms with Gasteiger partial charge in [0.15, 0.2) is 0 Å². The van der Waals surface area contributed by atoms with Crippen molar-refractivity contribution >= 4 is 11.8 Å². The van der Waals surface area contributed by atoms with Gasteiger partial charge in [-0.05, 0) is 18.3 Å². The number of hydrogen-bond acceptors (Lipinski definition) is 3. The van der Waals surface area contributed by atoms with Crippen LogP contribution < -0.4 is 0 Å².